The van der Waals surface area contributed by atoms with Gasteiger partial charge in [0.2, 0.25) is 0 Å². The molecule has 0 aliphatic heterocycles. The summed E-state index contributed by atoms with van der Waals surface area (Å²) >= 11 is 0. The van der Waals surface area contributed by atoms with Gasteiger partial charge < -0.3 is 4.90 Å². The highest BCUT2D eigenvalue weighted by molar-refractivity contribution is 5.91. The van der Waals surface area contributed by atoms with Gasteiger partial charge in [-0.3, -0.25) is 0 Å². The first kappa shape index (κ1) is 22.4. The van der Waals surface area contributed by atoms with Crippen molar-refractivity contribution in [1.82, 2.24) is 0 Å². The lowest BCUT2D eigenvalue weighted by Gasteiger charge is -2.25. The number of hydrogen-bond donors (Lipinski definition) is 0. The highest BCUT2D eigenvalue weighted by atomic mass is 15.1. The van der Waals surface area contributed by atoms with Gasteiger partial charge in [-0.2, -0.15) is 0 Å². The molecule has 0 saturated carbocycles. The molecule has 0 N–H and O–H groups in total. The Labute approximate surface area is 208 Å². The Morgan fingerprint density at radius 1 is 0.457 bits per heavy atom. The van der Waals surface area contributed by atoms with Gasteiger partial charge in [0.25, 0.3) is 0 Å². The number of rotatable bonds is 6. The van der Waals surface area contributed by atoms with Crippen LogP contribution in [-0.2, 0) is 0 Å². The van der Waals surface area contributed by atoms with E-state index in [2.05, 4.69) is 158 Å². The van der Waals surface area contributed by atoms with Crippen molar-refractivity contribution in [2.45, 2.75) is 13.8 Å². The summed E-state index contributed by atoms with van der Waals surface area (Å²) in [7, 11) is 0. The van der Waals surface area contributed by atoms with Crippen molar-refractivity contribution >= 4 is 28.7 Å². The van der Waals surface area contributed by atoms with Crippen molar-refractivity contribution < 1.29 is 0 Å². The van der Waals surface area contributed by atoms with Crippen molar-refractivity contribution in [3.63, 3.8) is 0 Å². The van der Waals surface area contributed by atoms with E-state index >= 15 is 0 Å². The summed E-state index contributed by atoms with van der Waals surface area (Å²) in [4.78, 5) is 2.30. The Morgan fingerprint density at radius 2 is 0.886 bits per heavy atom. The first-order valence-electron chi connectivity index (χ1n) is 12.0. The van der Waals surface area contributed by atoms with Gasteiger partial charge >= 0.3 is 0 Å². The van der Waals surface area contributed by atoms with Crippen molar-refractivity contribution in [1.29, 1.82) is 0 Å². The third-order valence-corrected chi connectivity index (χ3v) is 6.22. The van der Waals surface area contributed by atoms with Crippen LogP contribution in [0.2, 0.25) is 0 Å². The van der Waals surface area contributed by atoms with E-state index in [-0.39, 0.29) is 0 Å². The fraction of sp³-hybridized carbons (Fsp3) is 0.0588. The van der Waals surface area contributed by atoms with Gasteiger partial charge in [0.1, 0.15) is 0 Å². The average molecular weight is 452 g/mol. The molecule has 0 saturated heterocycles. The molecular weight excluding hydrogens is 422 g/mol. The van der Waals surface area contributed by atoms with Crippen LogP contribution >= 0.6 is 0 Å². The minimum Gasteiger partial charge on any atom is -0.311 e. The minimum atomic E-state index is 1.13. The summed E-state index contributed by atoms with van der Waals surface area (Å²) < 4.78 is 0. The Balaban J connectivity index is 1.54. The Bertz CT molecular complexity index is 1400. The van der Waals surface area contributed by atoms with E-state index in [0.717, 1.165) is 17.1 Å². The summed E-state index contributed by atoms with van der Waals surface area (Å²) in [5, 5.41) is 0. The van der Waals surface area contributed by atoms with Crippen LogP contribution in [0.5, 0.6) is 0 Å². The number of anilines is 3. The van der Waals surface area contributed by atoms with Crippen LogP contribution < -0.4 is 4.90 Å². The third-order valence-electron chi connectivity index (χ3n) is 6.22. The summed E-state index contributed by atoms with van der Waals surface area (Å²) in [6.07, 6.45) is 2.28. The van der Waals surface area contributed by atoms with Crippen molar-refractivity contribution in [3.8, 4) is 0 Å². The van der Waals surface area contributed by atoms with Crippen LogP contribution in [0.4, 0.5) is 17.1 Å². The Hall–Kier alpha value is -4.36. The van der Waals surface area contributed by atoms with Crippen LogP contribution in [0, 0.1) is 13.8 Å². The molecule has 35 heavy (non-hydrogen) atoms. The SMILES string of the molecule is Cc1ccc(/C(=C/c2ccc(N(c3ccccc3)c3ccc(C)cc3)cc2)c2ccccc2)cc1. The normalized spacial score (nSPS) is 11.3. The molecule has 0 aliphatic rings. The summed E-state index contributed by atoms with van der Waals surface area (Å²) in [5.74, 6) is 0. The minimum absolute atomic E-state index is 1.13. The summed E-state index contributed by atoms with van der Waals surface area (Å²) in [5.41, 5.74) is 10.8. The van der Waals surface area contributed by atoms with E-state index in [1.54, 1.807) is 0 Å². The van der Waals surface area contributed by atoms with E-state index in [0.29, 0.717) is 0 Å². The second kappa shape index (κ2) is 10.3. The number of aryl methyl sites for hydroxylation is 2. The lowest BCUT2D eigenvalue weighted by Crippen LogP contribution is -2.09. The Morgan fingerprint density at radius 3 is 1.46 bits per heavy atom. The maximum absolute atomic E-state index is 2.30. The van der Waals surface area contributed by atoms with Crippen LogP contribution in [0.15, 0.2) is 133 Å². The summed E-state index contributed by atoms with van der Waals surface area (Å²) in [6, 6.07) is 47.4. The molecule has 5 rings (SSSR count). The lowest BCUT2D eigenvalue weighted by molar-refractivity contribution is 1.27. The van der Waals surface area contributed by atoms with Crippen LogP contribution in [0.1, 0.15) is 27.8 Å². The zero-order valence-corrected chi connectivity index (χ0v) is 20.2. The zero-order chi connectivity index (χ0) is 24.0. The fourth-order valence-electron chi connectivity index (χ4n) is 4.29. The van der Waals surface area contributed by atoms with E-state index in [1.807, 2.05) is 0 Å². The fourth-order valence-corrected chi connectivity index (χ4v) is 4.29. The van der Waals surface area contributed by atoms with Crippen LogP contribution in [-0.4, -0.2) is 0 Å². The molecule has 5 aromatic carbocycles. The average Bonchev–Trinajstić information content (AvgIpc) is 2.91. The number of para-hydroxylation sites is 1. The Kier molecular flexibility index (Phi) is 6.59. The third kappa shape index (κ3) is 5.26. The maximum Gasteiger partial charge on any atom is 0.0462 e. The number of hydrogen-bond acceptors (Lipinski definition) is 1. The van der Waals surface area contributed by atoms with Crippen LogP contribution in [0.25, 0.3) is 11.6 Å². The molecule has 0 heterocycles. The monoisotopic (exact) mass is 451 g/mol. The molecule has 170 valence electrons. The van der Waals surface area contributed by atoms with Gasteiger partial charge in [0.15, 0.2) is 0 Å². The van der Waals surface area contributed by atoms with Crippen molar-refractivity contribution in [2.75, 3.05) is 4.90 Å². The smallest absolute Gasteiger partial charge is 0.0462 e. The maximum atomic E-state index is 2.30. The lowest BCUT2D eigenvalue weighted by atomic mass is 9.95. The van der Waals surface area contributed by atoms with E-state index in [1.165, 1.54) is 33.4 Å². The van der Waals surface area contributed by atoms with E-state index < -0.39 is 0 Å². The number of nitrogens with zero attached hydrogens (tertiary/aromatic N) is 1. The first-order chi connectivity index (χ1) is 17.2. The van der Waals surface area contributed by atoms with Crippen molar-refractivity contribution in [3.05, 3.63) is 161 Å². The molecule has 0 atom stereocenters. The van der Waals surface area contributed by atoms with Crippen LogP contribution in [0.3, 0.4) is 0 Å². The molecule has 0 spiro atoms. The first-order valence-corrected chi connectivity index (χ1v) is 12.0. The van der Waals surface area contributed by atoms with Gasteiger partial charge in [0.05, 0.1) is 0 Å². The molecular formula is C34H29N. The topological polar surface area (TPSA) is 3.24 Å². The molecule has 5 aromatic rings. The highest BCUT2D eigenvalue weighted by Crippen LogP contribution is 2.35. The number of benzene rings is 5. The van der Waals surface area contributed by atoms with Gasteiger partial charge in [-0.05, 0) is 78.6 Å². The summed E-state index contributed by atoms with van der Waals surface area (Å²) in [6.45, 7) is 4.25. The predicted molar refractivity (Wildman–Crippen MR) is 150 cm³/mol. The molecule has 0 aliphatic carbocycles. The van der Waals surface area contributed by atoms with E-state index in [9.17, 15) is 0 Å². The molecule has 0 fully saturated rings. The second-order valence-electron chi connectivity index (χ2n) is 8.89. The molecule has 1 heteroatoms. The molecule has 1 nitrogen and oxygen atoms in total. The zero-order valence-electron chi connectivity index (χ0n) is 20.2. The van der Waals surface area contributed by atoms with Gasteiger partial charge in [-0.1, -0.05) is 108 Å². The molecule has 0 bridgehead atoms. The van der Waals surface area contributed by atoms with Crippen molar-refractivity contribution in [2.24, 2.45) is 0 Å². The molecule has 0 radical (unpaired) electrons. The van der Waals surface area contributed by atoms with Gasteiger partial charge in [-0.15, -0.1) is 0 Å². The van der Waals surface area contributed by atoms with Gasteiger partial charge in [-0.25, -0.2) is 0 Å². The quantitative estimate of drug-likeness (QED) is 0.232. The molecule has 0 aromatic heterocycles. The van der Waals surface area contributed by atoms with Gasteiger partial charge in [0, 0.05) is 17.1 Å². The highest BCUT2D eigenvalue weighted by Gasteiger charge is 2.12. The standard InChI is InChI=1S/C34H29N/c1-26-13-19-30(20-14-26)34(29-9-5-3-6-10-29)25-28-17-23-33(24-18-28)35(31-11-7-4-8-12-31)32-21-15-27(2)16-22-32/h3-25H,1-2H3/b34-25+. The largest absolute Gasteiger partial charge is 0.311 e. The predicted octanol–water partition coefficient (Wildman–Crippen LogP) is 9.36. The molecule has 0 amide bonds. The van der Waals surface area contributed by atoms with E-state index in [4.69, 9.17) is 0 Å². The second-order valence-corrected chi connectivity index (χ2v) is 8.89. The molecule has 0 unspecified atom stereocenters.